The minimum Gasteiger partial charge on any atom is -0.501 e. The van der Waals surface area contributed by atoms with E-state index in [1.54, 1.807) is 18.2 Å². The van der Waals surface area contributed by atoms with Crippen LogP contribution in [0.5, 0.6) is 0 Å². The first-order valence-electron chi connectivity index (χ1n) is 5.45. The summed E-state index contributed by atoms with van der Waals surface area (Å²) in [6, 6.07) is 6.49. The predicted molar refractivity (Wildman–Crippen MR) is 67.2 cm³/mol. The van der Waals surface area contributed by atoms with Crippen LogP contribution in [0.2, 0.25) is 0 Å². The molecule has 5 heteroatoms. The summed E-state index contributed by atoms with van der Waals surface area (Å²) in [5, 5.41) is 2.61. The van der Waals surface area contributed by atoms with Crippen molar-refractivity contribution in [3.63, 3.8) is 0 Å². The number of benzene rings is 1. The largest absolute Gasteiger partial charge is 0.501 e. The molecule has 0 saturated heterocycles. The van der Waals surface area contributed by atoms with Crippen molar-refractivity contribution >= 4 is 17.6 Å². The van der Waals surface area contributed by atoms with Gasteiger partial charge in [-0.2, -0.15) is 0 Å². The fraction of sp³-hybridized carbons (Fsp3) is 0.231. The maximum absolute atomic E-state index is 11.4. The van der Waals surface area contributed by atoms with Gasteiger partial charge in [-0.15, -0.1) is 0 Å². The number of esters is 1. The van der Waals surface area contributed by atoms with Gasteiger partial charge in [0.25, 0.3) is 5.91 Å². The van der Waals surface area contributed by atoms with Crippen molar-refractivity contribution in [2.75, 3.05) is 19.0 Å². The Labute approximate surface area is 105 Å². The Balaban J connectivity index is 2.67. The molecule has 0 radical (unpaired) electrons. The zero-order chi connectivity index (χ0) is 13.4. The van der Waals surface area contributed by atoms with Gasteiger partial charge in [-0.3, -0.25) is 4.79 Å². The Morgan fingerprint density at radius 2 is 2.17 bits per heavy atom. The van der Waals surface area contributed by atoms with Crippen molar-refractivity contribution in [1.82, 2.24) is 0 Å². The lowest BCUT2D eigenvalue weighted by Crippen LogP contribution is -2.09. The van der Waals surface area contributed by atoms with Crippen LogP contribution in [0.25, 0.3) is 0 Å². The van der Waals surface area contributed by atoms with E-state index in [1.165, 1.54) is 25.5 Å². The van der Waals surface area contributed by atoms with E-state index in [0.29, 0.717) is 17.9 Å². The number of nitrogens with one attached hydrogen (secondary N) is 1. The lowest BCUT2D eigenvalue weighted by atomic mass is 10.2. The molecular weight excluding hydrogens is 234 g/mol. The second-order valence-corrected chi connectivity index (χ2v) is 3.32. The Morgan fingerprint density at radius 3 is 2.83 bits per heavy atom. The van der Waals surface area contributed by atoms with Gasteiger partial charge < -0.3 is 14.8 Å². The van der Waals surface area contributed by atoms with E-state index in [0.717, 1.165) is 0 Å². The monoisotopic (exact) mass is 249 g/mol. The second kappa shape index (κ2) is 7.11. The summed E-state index contributed by atoms with van der Waals surface area (Å²) >= 11 is 0. The third-order valence-corrected chi connectivity index (χ3v) is 2.03. The smallest absolute Gasteiger partial charge is 0.337 e. The fourth-order valence-electron chi connectivity index (χ4n) is 1.23. The molecule has 0 heterocycles. The lowest BCUT2D eigenvalue weighted by molar-refractivity contribution is -0.112. The van der Waals surface area contributed by atoms with Crippen molar-refractivity contribution in [2.24, 2.45) is 0 Å². The van der Waals surface area contributed by atoms with Crippen LogP contribution in [-0.2, 0) is 14.3 Å². The average Bonchev–Trinajstić information content (AvgIpc) is 2.38. The number of rotatable bonds is 5. The van der Waals surface area contributed by atoms with Crippen LogP contribution in [0.3, 0.4) is 0 Å². The molecule has 0 aliphatic rings. The van der Waals surface area contributed by atoms with Gasteiger partial charge in [0, 0.05) is 11.8 Å². The molecule has 0 aromatic heterocycles. The topological polar surface area (TPSA) is 64.6 Å². The van der Waals surface area contributed by atoms with Crippen LogP contribution in [0.15, 0.2) is 36.6 Å². The van der Waals surface area contributed by atoms with E-state index in [-0.39, 0.29) is 5.91 Å². The van der Waals surface area contributed by atoms with E-state index in [1.807, 2.05) is 6.92 Å². The SMILES string of the molecule is CCO/C=C/C(=O)Nc1cccc(C(=O)OC)c1. The van der Waals surface area contributed by atoms with E-state index >= 15 is 0 Å². The van der Waals surface area contributed by atoms with E-state index in [9.17, 15) is 9.59 Å². The highest BCUT2D eigenvalue weighted by Gasteiger charge is 2.06. The van der Waals surface area contributed by atoms with Gasteiger partial charge >= 0.3 is 5.97 Å². The molecule has 0 aliphatic heterocycles. The van der Waals surface area contributed by atoms with Gasteiger partial charge in [0.1, 0.15) is 0 Å². The third kappa shape index (κ3) is 4.29. The van der Waals surface area contributed by atoms with Crippen LogP contribution in [0, 0.1) is 0 Å². The van der Waals surface area contributed by atoms with Crippen molar-refractivity contribution in [3.05, 3.63) is 42.2 Å². The van der Waals surface area contributed by atoms with E-state index in [4.69, 9.17) is 4.74 Å². The van der Waals surface area contributed by atoms with Crippen LogP contribution in [0.4, 0.5) is 5.69 Å². The molecule has 96 valence electrons. The van der Waals surface area contributed by atoms with Gasteiger partial charge in [-0.05, 0) is 25.1 Å². The number of amides is 1. The van der Waals surface area contributed by atoms with Gasteiger partial charge in [0.2, 0.25) is 0 Å². The highest BCUT2D eigenvalue weighted by molar-refractivity contribution is 6.00. The molecule has 0 atom stereocenters. The summed E-state index contributed by atoms with van der Waals surface area (Å²) in [6.07, 6.45) is 2.59. The first kappa shape index (κ1) is 13.8. The van der Waals surface area contributed by atoms with Gasteiger partial charge in [0.05, 0.1) is 25.5 Å². The Morgan fingerprint density at radius 1 is 1.39 bits per heavy atom. The number of hydrogen-bond acceptors (Lipinski definition) is 4. The molecule has 0 bridgehead atoms. The molecule has 0 aliphatic carbocycles. The summed E-state index contributed by atoms with van der Waals surface area (Å²) in [7, 11) is 1.30. The molecule has 1 aromatic carbocycles. The maximum atomic E-state index is 11.4. The van der Waals surface area contributed by atoms with Gasteiger partial charge in [0.15, 0.2) is 0 Å². The summed E-state index contributed by atoms with van der Waals surface area (Å²) in [4.78, 5) is 22.7. The van der Waals surface area contributed by atoms with Crippen molar-refractivity contribution < 1.29 is 19.1 Å². The number of anilines is 1. The molecule has 0 unspecified atom stereocenters. The van der Waals surface area contributed by atoms with Crippen molar-refractivity contribution in [3.8, 4) is 0 Å². The first-order chi connectivity index (χ1) is 8.67. The highest BCUT2D eigenvalue weighted by atomic mass is 16.5. The summed E-state index contributed by atoms with van der Waals surface area (Å²) in [5.74, 6) is -0.776. The minimum absolute atomic E-state index is 0.328. The number of carbonyl (C=O) groups excluding carboxylic acids is 2. The molecule has 1 aromatic rings. The molecule has 1 rings (SSSR count). The summed E-state index contributed by atoms with van der Waals surface area (Å²) < 4.78 is 9.50. The fourth-order valence-corrected chi connectivity index (χ4v) is 1.23. The van der Waals surface area contributed by atoms with Gasteiger partial charge in [-0.1, -0.05) is 6.07 Å². The molecule has 5 nitrogen and oxygen atoms in total. The molecule has 0 saturated carbocycles. The summed E-state index contributed by atoms with van der Waals surface area (Å²) in [6.45, 7) is 2.32. The molecule has 0 spiro atoms. The van der Waals surface area contributed by atoms with Crippen LogP contribution in [-0.4, -0.2) is 25.6 Å². The molecule has 1 N–H and O–H groups in total. The van der Waals surface area contributed by atoms with Crippen molar-refractivity contribution in [2.45, 2.75) is 6.92 Å². The van der Waals surface area contributed by atoms with E-state index < -0.39 is 5.97 Å². The van der Waals surface area contributed by atoms with Gasteiger partial charge in [-0.25, -0.2) is 4.79 Å². The van der Waals surface area contributed by atoms with Crippen LogP contribution in [0.1, 0.15) is 17.3 Å². The first-order valence-corrected chi connectivity index (χ1v) is 5.45. The Bertz CT molecular complexity index is 454. The van der Waals surface area contributed by atoms with E-state index in [2.05, 4.69) is 10.1 Å². The predicted octanol–water partition coefficient (Wildman–Crippen LogP) is 1.96. The quantitative estimate of drug-likeness (QED) is 0.492. The van der Waals surface area contributed by atoms with Crippen LogP contribution < -0.4 is 5.32 Å². The number of hydrogen-bond donors (Lipinski definition) is 1. The Kier molecular flexibility index (Phi) is 5.44. The number of methoxy groups -OCH3 is 1. The minimum atomic E-state index is -0.448. The zero-order valence-corrected chi connectivity index (χ0v) is 10.3. The number of ether oxygens (including phenoxy) is 2. The summed E-state index contributed by atoms with van der Waals surface area (Å²) in [5.41, 5.74) is 0.896. The molecule has 18 heavy (non-hydrogen) atoms. The second-order valence-electron chi connectivity index (χ2n) is 3.32. The molecule has 1 amide bonds. The average molecular weight is 249 g/mol. The Hall–Kier alpha value is -2.30. The highest BCUT2D eigenvalue weighted by Crippen LogP contribution is 2.11. The van der Waals surface area contributed by atoms with Crippen LogP contribution >= 0.6 is 0 Å². The molecular formula is C13H15NO4. The zero-order valence-electron chi connectivity index (χ0n) is 10.3. The van der Waals surface area contributed by atoms with Crippen molar-refractivity contribution in [1.29, 1.82) is 0 Å². The third-order valence-electron chi connectivity index (χ3n) is 2.03. The number of carbonyl (C=O) groups is 2. The standard InChI is InChI=1S/C13H15NO4/c1-3-18-8-7-12(15)14-11-6-4-5-10(9-11)13(16)17-2/h4-9H,3H2,1-2H3,(H,14,15)/b8-7+. The molecule has 0 fully saturated rings. The maximum Gasteiger partial charge on any atom is 0.337 e. The lowest BCUT2D eigenvalue weighted by Gasteiger charge is -2.04. The normalized spacial score (nSPS) is 10.1.